The van der Waals surface area contributed by atoms with E-state index in [4.69, 9.17) is 0 Å². The molecule has 134 valence electrons. The fraction of sp³-hybridized carbons (Fsp3) is 0.333. The minimum atomic E-state index is -0.435. The molecular weight excluding hydrogens is 332 g/mol. The Morgan fingerprint density at radius 3 is 3.12 bits per heavy atom. The highest BCUT2D eigenvalue weighted by atomic mass is 16.2. The van der Waals surface area contributed by atoms with Gasteiger partial charge in [-0.25, -0.2) is 0 Å². The predicted molar refractivity (Wildman–Crippen MR) is 96.9 cm³/mol. The van der Waals surface area contributed by atoms with Crippen molar-refractivity contribution in [3.05, 3.63) is 36.2 Å². The summed E-state index contributed by atoms with van der Waals surface area (Å²) in [5.74, 6) is -0.261. The number of carbonyl (C=O) groups is 2. The van der Waals surface area contributed by atoms with Crippen LogP contribution in [0.25, 0.3) is 10.9 Å². The molecule has 0 spiro atoms. The lowest BCUT2D eigenvalue weighted by Gasteiger charge is -2.15. The summed E-state index contributed by atoms with van der Waals surface area (Å²) in [7, 11) is 0. The number of carbonyl (C=O) groups excluding carboxylic acids is 2. The summed E-state index contributed by atoms with van der Waals surface area (Å²) < 4.78 is 0. The number of H-pyrrole nitrogens is 1. The molecular formula is C18H20N6O2. The van der Waals surface area contributed by atoms with Gasteiger partial charge in [-0.3, -0.25) is 14.7 Å². The van der Waals surface area contributed by atoms with E-state index in [0.29, 0.717) is 25.9 Å². The first kappa shape index (κ1) is 17.5. The highest BCUT2D eigenvalue weighted by Crippen LogP contribution is 2.16. The summed E-state index contributed by atoms with van der Waals surface area (Å²) in [6, 6.07) is 7.47. The minimum Gasteiger partial charge on any atom is -0.360 e. The molecule has 1 saturated heterocycles. The molecule has 1 aliphatic rings. The van der Waals surface area contributed by atoms with Gasteiger partial charge in [0, 0.05) is 43.3 Å². The summed E-state index contributed by atoms with van der Waals surface area (Å²) in [5.41, 5.74) is 1.60. The van der Waals surface area contributed by atoms with E-state index in [0.717, 1.165) is 29.6 Å². The van der Waals surface area contributed by atoms with Crippen molar-refractivity contribution in [2.24, 2.45) is 0 Å². The van der Waals surface area contributed by atoms with Crippen LogP contribution in [0.15, 0.2) is 36.2 Å². The second kappa shape index (κ2) is 8.16. The fourth-order valence-electron chi connectivity index (χ4n) is 2.84. The van der Waals surface area contributed by atoms with E-state index in [1.54, 1.807) is 11.1 Å². The smallest absolute Gasteiger partial charge is 0.263 e. The Balaban J connectivity index is 1.48. The van der Waals surface area contributed by atoms with Crippen LogP contribution in [0.5, 0.6) is 0 Å². The number of hydrogen-bond donors (Lipinski definition) is 3. The quantitative estimate of drug-likeness (QED) is 0.397. The lowest BCUT2D eigenvalue weighted by molar-refractivity contribution is -0.127. The number of nitrogens with zero attached hydrogens (tertiary/aromatic N) is 3. The Labute approximate surface area is 150 Å². The van der Waals surface area contributed by atoms with Crippen molar-refractivity contribution in [1.82, 2.24) is 20.4 Å². The van der Waals surface area contributed by atoms with Crippen molar-refractivity contribution < 1.29 is 9.59 Å². The molecule has 0 aliphatic carbocycles. The Bertz CT molecular complexity index is 879. The van der Waals surface area contributed by atoms with Gasteiger partial charge >= 0.3 is 0 Å². The zero-order valence-electron chi connectivity index (χ0n) is 14.3. The second-order valence-corrected chi connectivity index (χ2v) is 6.08. The summed E-state index contributed by atoms with van der Waals surface area (Å²) >= 11 is 0. The summed E-state index contributed by atoms with van der Waals surface area (Å²) in [5, 5.41) is 22.6. The van der Waals surface area contributed by atoms with Gasteiger partial charge in [0.1, 0.15) is 11.6 Å². The number of aromatic amines is 1. The zero-order valence-corrected chi connectivity index (χ0v) is 14.3. The number of fused-ring (bicyclic) bond motifs is 1. The monoisotopic (exact) mass is 352 g/mol. The number of benzene rings is 1. The van der Waals surface area contributed by atoms with Crippen molar-refractivity contribution >= 4 is 28.4 Å². The number of aromatic nitrogens is 2. The van der Waals surface area contributed by atoms with Crippen LogP contribution in [-0.4, -0.2) is 46.5 Å². The van der Waals surface area contributed by atoms with Gasteiger partial charge in [0.25, 0.3) is 5.91 Å². The van der Waals surface area contributed by atoms with Gasteiger partial charge in [0.15, 0.2) is 0 Å². The van der Waals surface area contributed by atoms with Crippen molar-refractivity contribution in [2.75, 3.05) is 25.0 Å². The van der Waals surface area contributed by atoms with Crippen molar-refractivity contribution in [1.29, 1.82) is 5.26 Å². The Hall–Kier alpha value is -3.34. The van der Waals surface area contributed by atoms with E-state index < -0.39 is 5.91 Å². The second-order valence-electron chi connectivity index (χ2n) is 6.08. The molecule has 3 N–H and O–H groups in total. The van der Waals surface area contributed by atoms with Gasteiger partial charge in [0.2, 0.25) is 5.91 Å². The maximum atomic E-state index is 12.1. The number of nitrogens with one attached hydrogen (secondary N) is 3. The third-order valence-electron chi connectivity index (χ3n) is 4.25. The maximum absolute atomic E-state index is 12.1. The number of nitriles is 1. The van der Waals surface area contributed by atoms with Crippen LogP contribution in [0.4, 0.5) is 5.69 Å². The molecule has 1 aliphatic heterocycles. The lowest BCUT2D eigenvalue weighted by Crippen LogP contribution is -2.31. The van der Waals surface area contributed by atoms with Gasteiger partial charge in [-0.05, 0) is 31.0 Å². The highest BCUT2D eigenvalue weighted by molar-refractivity contribution is 5.97. The van der Waals surface area contributed by atoms with Crippen LogP contribution >= 0.6 is 0 Å². The van der Waals surface area contributed by atoms with E-state index in [9.17, 15) is 14.9 Å². The number of amides is 2. The van der Waals surface area contributed by atoms with Crippen molar-refractivity contribution in [3.8, 4) is 6.07 Å². The average molecular weight is 352 g/mol. The first-order valence-corrected chi connectivity index (χ1v) is 8.53. The summed E-state index contributed by atoms with van der Waals surface area (Å²) in [6.07, 6.45) is 5.29. The molecule has 1 aromatic carbocycles. The standard InChI is InChI=1S/C18H20N6O2/c19-10-14(11-21-15-5-4-13-12-22-23-16(13)9-15)18(26)20-6-2-8-24-7-1-3-17(24)25/h4-5,9,11-12,21H,1-3,6-8H2,(H,20,26)(H,22,23)/b14-11-. The topological polar surface area (TPSA) is 114 Å². The van der Waals surface area contributed by atoms with Gasteiger partial charge < -0.3 is 15.5 Å². The van der Waals surface area contributed by atoms with Gasteiger partial charge in [0.05, 0.1) is 11.7 Å². The fourth-order valence-corrected chi connectivity index (χ4v) is 2.84. The first-order valence-electron chi connectivity index (χ1n) is 8.53. The Morgan fingerprint density at radius 1 is 1.46 bits per heavy atom. The molecule has 2 aromatic rings. The Kier molecular flexibility index (Phi) is 5.49. The molecule has 1 fully saturated rings. The molecule has 26 heavy (non-hydrogen) atoms. The van der Waals surface area contributed by atoms with E-state index in [1.807, 2.05) is 24.3 Å². The molecule has 8 nitrogen and oxygen atoms in total. The molecule has 1 aromatic heterocycles. The predicted octanol–water partition coefficient (Wildman–Crippen LogP) is 1.51. The van der Waals surface area contributed by atoms with Crippen LogP contribution in [0, 0.1) is 11.3 Å². The third kappa shape index (κ3) is 4.19. The largest absolute Gasteiger partial charge is 0.360 e. The van der Waals surface area contributed by atoms with E-state index >= 15 is 0 Å². The van der Waals surface area contributed by atoms with Gasteiger partial charge in [-0.1, -0.05) is 0 Å². The first-order chi connectivity index (χ1) is 12.7. The van der Waals surface area contributed by atoms with Crippen molar-refractivity contribution in [2.45, 2.75) is 19.3 Å². The van der Waals surface area contributed by atoms with Crippen LogP contribution in [0.2, 0.25) is 0 Å². The number of hydrogen-bond acceptors (Lipinski definition) is 5. The Morgan fingerprint density at radius 2 is 2.35 bits per heavy atom. The average Bonchev–Trinajstić information content (AvgIpc) is 3.27. The number of anilines is 1. The molecule has 0 saturated carbocycles. The lowest BCUT2D eigenvalue weighted by atomic mass is 10.2. The van der Waals surface area contributed by atoms with Crippen LogP contribution in [-0.2, 0) is 9.59 Å². The molecule has 2 heterocycles. The number of rotatable bonds is 7. The molecule has 0 unspecified atom stereocenters. The third-order valence-corrected chi connectivity index (χ3v) is 4.25. The molecule has 0 radical (unpaired) electrons. The molecule has 0 bridgehead atoms. The van der Waals surface area contributed by atoms with Crippen LogP contribution in [0.3, 0.4) is 0 Å². The van der Waals surface area contributed by atoms with E-state index in [1.165, 1.54) is 6.20 Å². The van der Waals surface area contributed by atoms with Crippen LogP contribution in [0.1, 0.15) is 19.3 Å². The molecule has 8 heteroatoms. The number of likely N-dealkylation sites (tertiary alicyclic amines) is 1. The normalized spacial score (nSPS) is 14.5. The molecule has 2 amide bonds. The van der Waals surface area contributed by atoms with Crippen molar-refractivity contribution in [3.63, 3.8) is 0 Å². The summed E-state index contributed by atoms with van der Waals surface area (Å²) in [4.78, 5) is 25.4. The van der Waals surface area contributed by atoms with E-state index in [2.05, 4.69) is 20.8 Å². The van der Waals surface area contributed by atoms with E-state index in [-0.39, 0.29) is 11.5 Å². The van der Waals surface area contributed by atoms with Gasteiger partial charge in [-0.2, -0.15) is 10.4 Å². The van der Waals surface area contributed by atoms with Gasteiger partial charge in [-0.15, -0.1) is 0 Å². The highest BCUT2D eigenvalue weighted by Gasteiger charge is 2.19. The molecule has 0 atom stereocenters. The van der Waals surface area contributed by atoms with Crippen LogP contribution < -0.4 is 10.6 Å². The zero-order chi connectivity index (χ0) is 18.4. The molecule has 3 rings (SSSR count). The minimum absolute atomic E-state index is 0.00745. The summed E-state index contributed by atoms with van der Waals surface area (Å²) in [6.45, 7) is 1.84. The SMILES string of the molecule is N#C/C(=C/Nc1ccc2cn[nH]c2c1)C(=O)NCCCN1CCCC1=O. The maximum Gasteiger partial charge on any atom is 0.263 e.